The van der Waals surface area contributed by atoms with Crippen molar-refractivity contribution in [2.24, 2.45) is 5.73 Å². The van der Waals surface area contributed by atoms with Crippen molar-refractivity contribution in [1.82, 2.24) is 5.32 Å². The molecule has 0 radical (unpaired) electrons. The molecule has 0 bridgehead atoms. The molecule has 0 saturated carbocycles. The molecule has 1 amide bonds. The van der Waals surface area contributed by atoms with Crippen molar-refractivity contribution in [3.8, 4) is 0 Å². The van der Waals surface area contributed by atoms with Crippen LogP contribution in [0.2, 0.25) is 0 Å². The van der Waals surface area contributed by atoms with Crippen molar-refractivity contribution < 1.29 is 4.79 Å². The number of amides is 1. The minimum atomic E-state index is -0.144. The highest BCUT2D eigenvalue weighted by Crippen LogP contribution is 2.23. The Bertz CT molecular complexity index is 596. The molecule has 2 rings (SSSR count). The molecule has 22 heavy (non-hydrogen) atoms. The summed E-state index contributed by atoms with van der Waals surface area (Å²) in [5.74, 6) is 0.0223. The van der Waals surface area contributed by atoms with E-state index in [2.05, 4.69) is 21.2 Å². The minimum absolute atomic E-state index is 0.0223. The third-order valence-electron chi connectivity index (χ3n) is 3.47. The van der Waals surface area contributed by atoms with E-state index in [0.29, 0.717) is 12.8 Å². The van der Waals surface area contributed by atoms with E-state index in [9.17, 15) is 4.79 Å². The Labute approximate surface area is 140 Å². The molecule has 2 atom stereocenters. The van der Waals surface area contributed by atoms with Crippen LogP contribution >= 0.6 is 15.9 Å². The fourth-order valence-electron chi connectivity index (χ4n) is 2.25. The molecule has 3 nitrogen and oxygen atoms in total. The van der Waals surface area contributed by atoms with Crippen molar-refractivity contribution >= 4 is 21.8 Å². The molecule has 0 aliphatic rings. The van der Waals surface area contributed by atoms with Gasteiger partial charge in [-0.05, 0) is 36.6 Å². The van der Waals surface area contributed by atoms with Crippen LogP contribution in [0, 0.1) is 0 Å². The molecule has 0 heterocycles. The topological polar surface area (TPSA) is 55.1 Å². The average molecular weight is 361 g/mol. The Morgan fingerprint density at radius 2 is 1.68 bits per heavy atom. The Balaban J connectivity index is 2.19. The highest BCUT2D eigenvalue weighted by Gasteiger charge is 2.16. The fourth-order valence-corrected chi connectivity index (χ4v) is 2.52. The summed E-state index contributed by atoms with van der Waals surface area (Å²) in [6, 6.07) is 17.9. The summed E-state index contributed by atoms with van der Waals surface area (Å²) in [7, 11) is 0. The van der Waals surface area contributed by atoms with Crippen molar-refractivity contribution in [2.75, 3.05) is 0 Å². The fraction of sp³-hybridized carbons (Fsp3) is 0.278. The van der Waals surface area contributed by atoms with Gasteiger partial charge in [0, 0.05) is 16.9 Å². The molecular weight excluding hydrogens is 340 g/mol. The van der Waals surface area contributed by atoms with E-state index < -0.39 is 0 Å². The highest BCUT2D eigenvalue weighted by molar-refractivity contribution is 9.10. The summed E-state index contributed by atoms with van der Waals surface area (Å²) in [5, 5.41) is 3.11. The molecule has 0 aliphatic carbocycles. The second kappa shape index (κ2) is 8.11. The first-order valence-corrected chi connectivity index (χ1v) is 8.21. The number of benzene rings is 2. The lowest BCUT2D eigenvalue weighted by atomic mass is 9.98. The van der Waals surface area contributed by atoms with Gasteiger partial charge in [0.2, 0.25) is 5.91 Å². The molecule has 0 spiro atoms. The summed E-state index contributed by atoms with van der Waals surface area (Å²) in [5.41, 5.74) is 7.85. The van der Waals surface area contributed by atoms with Crippen LogP contribution in [-0.4, -0.2) is 11.9 Å². The van der Waals surface area contributed by atoms with Crippen molar-refractivity contribution in [1.29, 1.82) is 0 Å². The van der Waals surface area contributed by atoms with Gasteiger partial charge in [-0.3, -0.25) is 4.79 Å². The number of carbonyl (C=O) groups excluding carboxylic acids is 1. The highest BCUT2D eigenvalue weighted by atomic mass is 79.9. The Morgan fingerprint density at radius 3 is 2.27 bits per heavy atom. The number of nitrogens with one attached hydrogen (secondary N) is 1. The number of nitrogens with two attached hydrogens (primary N) is 1. The van der Waals surface area contributed by atoms with Crippen molar-refractivity contribution in [2.45, 2.75) is 31.8 Å². The summed E-state index contributed by atoms with van der Waals surface area (Å²) in [6.07, 6.45) is 1.13. The van der Waals surface area contributed by atoms with E-state index in [-0.39, 0.29) is 18.0 Å². The first-order chi connectivity index (χ1) is 10.6. The molecule has 0 fully saturated rings. The van der Waals surface area contributed by atoms with Crippen LogP contribution < -0.4 is 11.1 Å². The largest absolute Gasteiger partial charge is 0.345 e. The maximum absolute atomic E-state index is 12.2. The number of rotatable bonds is 6. The maximum atomic E-state index is 12.2. The standard InChI is InChI=1S/C18H21BrN2O/c1-13(20)7-12-17(22)21-18(14-5-3-2-4-6-14)15-8-10-16(19)11-9-15/h2-6,8-11,13,18H,7,12,20H2,1H3,(H,21,22). The second-order valence-corrected chi connectivity index (χ2v) is 6.39. The first-order valence-electron chi connectivity index (χ1n) is 7.41. The van der Waals surface area contributed by atoms with E-state index in [1.165, 1.54) is 0 Å². The molecule has 116 valence electrons. The third-order valence-corrected chi connectivity index (χ3v) is 4.00. The molecule has 0 aromatic heterocycles. The number of hydrogen-bond acceptors (Lipinski definition) is 2. The normalized spacial score (nSPS) is 13.4. The molecule has 2 aromatic carbocycles. The number of carbonyl (C=O) groups is 1. The monoisotopic (exact) mass is 360 g/mol. The molecule has 0 saturated heterocycles. The number of hydrogen-bond donors (Lipinski definition) is 2. The second-order valence-electron chi connectivity index (χ2n) is 5.48. The predicted molar refractivity (Wildman–Crippen MR) is 93.5 cm³/mol. The summed E-state index contributed by atoms with van der Waals surface area (Å²) in [6.45, 7) is 1.91. The smallest absolute Gasteiger partial charge is 0.220 e. The van der Waals surface area contributed by atoms with Gasteiger partial charge in [-0.25, -0.2) is 0 Å². The average Bonchev–Trinajstić information content (AvgIpc) is 2.52. The maximum Gasteiger partial charge on any atom is 0.220 e. The van der Waals surface area contributed by atoms with Crippen LogP contribution in [0.5, 0.6) is 0 Å². The van der Waals surface area contributed by atoms with Crippen LogP contribution in [-0.2, 0) is 4.79 Å². The molecular formula is C18H21BrN2O. The lowest BCUT2D eigenvalue weighted by molar-refractivity contribution is -0.121. The van der Waals surface area contributed by atoms with Gasteiger partial charge in [0.05, 0.1) is 6.04 Å². The zero-order valence-electron chi connectivity index (χ0n) is 12.6. The van der Waals surface area contributed by atoms with E-state index in [1.54, 1.807) is 0 Å². The molecule has 2 aromatic rings. The van der Waals surface area contributed by atoms with Gasteiger partial charge in [0.25, 0.3) is 0 Å². The molecule has 4 heteroatoms. The quantitative estimate of drug-likeness (QED) is 0.823. The number of halogens is 1. The van der Waals surface area contributed by atoms with Crippen molar-refractivity contribution in [3.05, 3.63) is 70.2 Å². The zero-order chi connectivity index (χ0) is 15.9. The SMILES string of the molecule is CC(N)CCC(=O)NC(c1ccccc1)c1ccc(Br)cc1. The van der Waals surface area contributed by atoms with Crippen molar-refractivity contribution in [3.63, 3.8) is 0 Å². The Kier molecular flexibility index (Phi) is 6.16. The van der Waals surface area contributed by atoms with Crippen LogP contribution in [0.3, 0.4) is 0 Å². The zero-order valence-corrected chi connectivity index (χ0v) is 14.2. The van der Waals surface area contributed by atoms with Crippen LogP contribution in [0.25, 0.3) is 0 Å². The van der Waals surface area contributed by atoms with Crippen LogP contribution in [0.4, 0.5) is 0 Å². The van der Waals surface area contributed by atoms with E-state index in [4.69, 9.17) is 5.73 Å². The van der Waals surface area contributed by atoms with E-state index in [0.717, 1.165) is 15.6 Å². The summed E-state index contributed by atoms with van der Waals surface area (Å²) in [4.78, 5) is 12.2. The molecule has 0 aliphatic heterocycles. The van der Waals surface area contributed by atoms with Gasteiger partial charge >= 0.3 is 0 Å². The van der Waals surface area contributed by atoms with Gasteiger partial charge in [0.1, 0.15) is 0 Å². The molecule has 3 N–H and O–H groups in total. The first kappa shape index (κ1) is 16.7. The Morgan fingerprint density at radius 1 is 1.09 bits per heavy atom. The lowest BCUT2D eigenvalue weighted by Gasteiger charge is -2.20. The van der Waals surface area contributed by atoms with E-state index in [1.807, 2.05) is 61.5 Å². The van der Waals surface area contributed by atoms with E-state index >= 15 is 0 Å². The van der Waals surface area contributed by atoms with Gasteiger partial charge in [-0.15, -0.1) is 0 Å². The van der Waals surface area contributed by atoms with Gasteiger partial charge < -0.3 is 11.1 Å². The Hall–Kier alpha value is -1.65. The van der Waals surface area contributed by atoms with Crippen LogP contribution in [0.1, 0.15) is 36.9 Å². The summed E-state index contributed by atoms with van der Waals surface area (Å²) >= 11 is 3.44. The van der Waals surface area contributed by atoms with Gasteiger partial charge in [-0.1, -0.05) is 58.4 Å². The lowest BCUT2D eigenvalue weighted by Crippen LogP contribution is -2.30. The van der Waals surface area contributed by atoms with Gasteiger partial charge in [0.15, 0.2) is 0 Å². The minimum Gasteiger partial charge on any atom is -0.345 e. The van der Waals surface area contributed by atoms with Crippen LogP contribution in [0.15, 0.2) is 59.1 Å². The third kappa shape index (κ3) is 4.97. The van der Waals surface area contributed by atoms with Gasteiger partial charge in [-0.2, -0.15) is 0 Å². The predicted octanol–water partition coefficient (Wildman–Crippen LogP) is 3.78. The molecule has 2 unspecified atom stereocenters. The summed E-state index contributed by atoms with van der Waals surface area (Å²) < 4.78 is 1.02.